The van der Waals surface area contributed by atoms with Crippen LogP contribution in [0, 0.1) is 6.92 Å². The maximum Gasteiger partial charge on any atom is 0.117 e. The van der Waals surface area contributed by atoms with Crippen molar-refractivity contribution in [3.05, 3.63) is 59.5 Å². The summed E-state index contributed by atoms with van der Waals surface area (Å²) in [6.07, 6.45) is 0. The summed E-state index contributed by atoms with van der Waals surface area (Å²) in [6.45, 7) is 5.74. The van der Waals surface area contributed by atoms with E-state index in [0.29, 0.717) is 0 Å². The van der Waals surface area contributed by atoms with Crippen molar-refractivity contribution >= 4 is 0 Å². The van der Waals surface area contributed by atoms with Crippen molar-refractivity contribution in [1.29, 1.82) is 0 Å². The third-order valence-corrected chi connectivity index (χ3v) is 3.06. The molecule has 2 aromatic rings. The van der Waals surface area contributed by atoms with Crippen molar-refractivity contribution in [3.8, 4) is 0 Å². The zero-order valence-corrected chi connectivity index (χ0v) is 11.7. The van der Waals surface area contributed by atoms with Crippen molar-refractivity contribution < 1.29 is 4.42 Å². The highest BCUT2D eigenvalue weighted by Crippen LogP contribution is 2.05. The van der Waals surface area contributed by atoms with Crippen LogP contribution in [0.5, 0.6) is 0 Å². The smallest absolute Gasteiger partial charge is 0.117 e. The van der Waals surface area contributed by atoms with Crippen LogP contribution in [0.15, 0.2) is 46.9 Å². The van der Waals surface area contributed by atoms with Gasteiger partial charge in [-0.05, 0) is 31.7 Å². The van der Waals surface area contributed by atoms with E-state index in [2.05, 4.69) is 47.6 Å². The number of hydrogen-bond donors (Lipinski definition) is 1. The molecule has 0 spiro atoms. The Labute approximate surface area is 115 Å². The van der Waals surface area contributed by atoms with Crippen molar-refractivity contribution in [1.82, 2.24) is 10.2 Å². The Balaban J connectivity index is 1.63. The van der Waals surface area contributed by atoms with Gasteiger partial charge in [0.1, 0.15) is 11.5 Å². The molecule has 0 saturated carbocycles. The molecule has 1 aromatic heterocycles. The maximum absolute atomic E-state index is 5.51. The van der Waals surface area contributed by atoms with Gasteiger partial charge >= 0.3 is 0 Å². The maximum atomic E-state index is 5.51. The lowest BCUT2D eigenvalue weighted by molar-refractivity contribution is 0.321. The fraction of sp³-hybridized carbons (Fsp3) is 0.375. The van der Waals surface area contributed by atoms with Crippen LogP contribution in [-0.2, 0) is 13.1 Å². The monoisotopic (exact) mass is 258 g/mol. The molecular formula is C16H22N2O. The van der Waals surface area contributed by atoms with Crippen LogP contribution in [-0.4, -0.2) is 25.0 Å². The quantitative estimate of drug-likeness (QED) is 0.774. The molecule has 19 heavy (non-hydrogen) atoms. The van der Waals surface area contributed by atoms with Crippen LogP contribution in [0.4, 0.5) is 0 Å². The normalized spacial score (nSPS) is 11.1. The average molecular weight is 258 g/mol. The van der Waals surface area contributed by atoms with Gasteiger partial charge in [-0.1, -0.05) is 30.3 Å². The first kappa shape index (κ1) is 13.8. The number of rotatable bonds is 7. The number of furan rings is 1. The number of likely N-dealkylation sites (N-methyl/N-ethyl adjacent to an activating group) is 1. The lowest BCUT2D eigenvalue weighted by atomic mass is 10.2. The van der Waals surface area contributed by atoms with E-state index in [9.17, 15) is 0 Å². The van der Waals surface area contributed by atoms with Gasteiger partial charge in [0, 0.05) is 19.6 Å². The molecule has 0 bridgehead atoms. The first-order chi connectivity index (χ1) is 9.24. The molecule has 3 nitrogen and oxygen atoms in total. The molecule has 0 saturated heterocycles. The van der Waals surface area contributed by atoms with E-state index in [0.717, 1.165) is 37.7 Å². The molecule has 0 radical (unpaired) electrons. The summed E-state index contributed by atoms with van der Waals surface area (Å²) in [4.78, 5) is 2.32. The van der Waals surface area contributed by atoms with Crippen LogP contribution in [0.2, 0.25) is 0 Å². The molecule has 0 aliphatic rings. The molecule has 0 amide bonds. The van der Waals surface area contributed by atoms with Gasteiger partial charge in [0.05, 0.1) is 6.54 Å². The largest absolute Gasteiger partial charge is 0.465 e. The summed E-state index contributed by atoms with van der Waals surface area (Å²) >= 11 is 0. The van der Waals surface area contributed by atoms with Crippen LogP contribution in [0.1, 0.15) is 17.1 Å². The molecule has 0 aliphatic carbocycles. The minimum atomic E-state index is 0.799. The summed E-state index contributed by atoms with van der Waals surface area (Å²) < 4.78 is 5.51. The first-order valence-corrected chi connectivity index (χ1v) is 6.72. The molecule has 1 N–H and O–H groups in total. The molecule has 0 fully saturated rings. The number of nitrogens with one attached hydrogen (secondary N) is 1. The van der Waals surface area contributed by atoms with Crippen molar-refractivity contribution in [2.45, 2.75) is 20.0 Å². The van der Waals surface area contributed by atoms with E-state index >= 15 is 0 Å². The van der Waals surface area contributed by atoms with Crippen LogP contribution in [0.25, 0.3) is 0 Å². The van der Waals surface area contributed by atoms with E-state index in [1.54, 1.807) is 0 Å². The topological polar surface area (TPSA) is 28.4 Å². The highest BCUT2D eigenvalue weighted by atomic mass is 16.3. The predicted molar refractivity (Wildman–Crippen MR) is 77.9 cm³/mol. The minimum absolute atomic E-state index is 0.799. The SMILES string of the molecule is Cc1ccc(CNCCN(C)Cc2ccccc2)o1. The second-order valence-electron chi connectivity index (χ2n) is 4.91. The molecule has 0 atom stereocenters. The van der Waals surface area contributed by atoms with Crippen LogP contribution < -0.4 is 5.32 Å². The van der Waals surface area contributed by atoms with E-state index in [-0.39, 0.29) is 0 Å². The van der Waals surface area contributed by atoms with Gasteiger partial charge in [0.2, 0.25) is 0 Å². The summed E-state index contributed by atoms with van der Waals surface area (Å²) in [7, 11) is 2.14. The third kappa shape index (κ3) is 4.89. The van der Waals surface area contributed by atoms with Gasteiger partial charge in [0.25, 0.3) is 0 Å². The van der Waals surface area contributed by atoms with Gasteiger partial charge in [-0.2, -0.15) is 0 Å². The summed E-state index contributed by atoms with van der Waals surface area (Å²) in [6, 6.07) is 14.6. The lowest BCUT2D eigenvalue weighted by Crippen LogP contribution is -2.28. The van der Waals surface area contributed by atoms with Crippen LogP contribution in [0.3, 0.4) is 0 Å². The Morgan fingerprint density at radius 1 is 1.11 bits per heavy atom. The molecule has 102 valence electrons. The molecule has 1 aromatic carbocycles. The standard InChI is InChI=1S/C16H22N2O/c1-14-8-9-16(19-14)12-17-10-11-18(2)13-15-6-4-3-5-7-15/h3-9,17H,10-13H2,1-2H3. The Bertz CT molecular complexity index is 479. The Morgan fingerprint density at radius 2 is 1.89 bits per heavy atom. The second-order valence-corrected chi connectivity index (χ2v) is 4.91. The van der Waals surface area contributed by atoms with Gasteiger partial charge in [-0.15, -0.1) is 0 Å². The van der Waals surface area contributed by atoms with Crippen molar-refractivity contribution in [2.24, 2.45) is 0 Å². The second kappa shape index (κ2) is 7.12. The Kier molecular flexibility index (Phi) is 5.19. The van der Waals surface area contributed by atoms with Gasteiger partial charge in [0.15, 0.2) is 0 Å². The zero-order chi connectivity index (χ0) is 13.5. The Hall–Kier alpha value is -1.58. The minimum Gasteiger partial charge on any atom is -0.465 e. The number of nitrogens with zero attached hydrogens (tertiary/aromatic N) is 1. The Morgan fingerprint density at radius 3 is 2.58 bits per heavy atom. The predicted octanol–water partition coefficient (Wildman–Crippen LogP) is 2.81. The summed E-state index contributed by atoms with van der Waals surface area (Å²) in [5.74, 6) is 1.97. The van der Waals surface area contributed by atoms with E-state index in [1.165, 1.54) is 5.56 Å². The van der Waals surface area contributed by atoms with E-state index in [4.69, 9.17) is 4.42 Å². The molecular weight excluding hydrogens is 236 g/mol. The van der Waals surface area contributed by atoms with Crippen molar-refractivity contribution in [3.63, 3.8) is 0 Å². The van der Waals surface area contributed by atoms with Gasteiger partial charge in [-0.25, -0.2) is 0 Å². The van der Waals surface area contributed by atoms with Crippen LogP contribution >= 0.6 is 0 Å². The molecule has 1 heterocycles. The third-order valence-electron chi connectivity index (χ3n) is 3.06. The zero-order valence-electron chi connectivity index (χ0n) is 11.7. The molecule has 2 rings (SSSR count). The molecule has 0 unspecified atom stereocenters. The highest BCUT2D eigenvalue weighted by Gasteiger charge is 2.01. The van der Waals surface area contributed by atoms with E-state index in [1.807, 2.05) is 19.1 Å². The summed E-state index contributed by atoms with van der Waals surface area (Å²) in [5.41, 5.74) is 1.35. The van der Waals surface area contributed by atoms with Gasteiger partial charge in [-0.3, -0.25) is 0 Å². The van der Waals surface area contributed by atoms with E-state index < -0.39 is 0 Å². The lowest BCUT2D eigenvalue weighted by Gasteiger charge is -2.16. The molecule has 3 heteroatoms. The molecule has 0 aliphatic heterocycles. The highest BCUT2D eigenvalue weighted by molar-refractivity contribution is 5.14. The average Bonchev–Trinajstić information content (AvgIpc) is 2.82. The number of aryl methyl sites for hydroxylation is 1. The fourth-order valence-electron chi connectivity index (χ4n) is 2.04. The van der Waals surface area contributed by atoms with Crippen molar-refractivity contribution in [2.75, 3.05) is 20.1 Å². The summed E-state index contributed by atoms with van der Waals surface area (Å²) in [5, 5.41) is 3.40. The number of hydrogen-bond acceptors (Lipinski definition) is 3. The number of benzene rings is 1. The van der Waals surface area contributed by atoms with Gasteiger partial charge < -0.3 is 14.6 Å². The first-order valence-electron chi connectivity index (χ1n) is 6.72. The fourth-order valence-corrected chi connectivity index (χ4v) is 2.04.